The van der Waals surface area contributed by atoms with Crippen LogP contribution in [-0.2, 0) is 6.18 Å². The number of H-pyrrole nitrogens is 2. The van der Waals surface area contributed by atoms with Crippen molar-refractivity contribution in [2.24, 2.45) is 0 Å². The van der Waals surface area contributed by atoms with Crippen LogP contribution in [0.3, 0.4) is 0 Å². The van der Waals surface area contributed by atoms with Gasteiger partial charge in [-0.2, -0.15) is 13.2 Å². The maximum atomic E-state index is 13.0. The molecular formula is C28H27F3N6O2. The molecule has 0 spiro atoms. The molecule has 2 aromatic heterocycles. The van der Waals surface area contributed by atoms with Crippen LogP contribution in [0.25, 0.3) is 33.5 Å². The first-order valence-electron chi connectivity index (χ1n) is 12.7. The van der Waals surface area contributed by atoms with Crippen LogP contribution < -0.4 is 9.64 Å². The molecule has 3 N–H and O–H groups in total. The molecule has 6 rings (SSSR count). The number of rotatable bonds is 6. The average molecular weight is 537 g/mol. The summed E-state index contributed by atoms with van der Waals surface area (Å²) in [7, 11) is 0. The number of nitrogens with zero attached hydrogens (tertiary/aromatic N) is 4. The molecular weight excluding hydrogens is 509 g/mol. The lowest BCUT2D eigenvalue weighted by atomic mass is 10.1. The van der Waals surface area contributed by atoms with E-state index in [0.29, 0.717) is 30.2 Å². The number of phenols is 1. The summed E-state index contributed by atoms with van der Waals surface area (Å²) in [6.07, 6.45) is -4.54. The first kappa shape index (κ1) is 25.1. The Morgan fingerprint density at radius 2 is 1.67 bits per heavy atom. The normalized spacial score (nSPS) is 14.9. The first-order valence-corrected chi connectivity index (χ1v) is 12.7. The Morgan fingerprint density at radius 3 is 2.41 bits per heavy atom. The zero-order valence-corrected chi connectivity index (χ0v) is 21.2. The Labute approximate surface area is 222 Å². The fourth-order valence-electron chi connectivity index (χ4n) is 4.92. The third-order valence-corrected chi connectivity index (χ3v) is 7.10. The molecule has 11 heteroatoms. The molecule has 39 heavy (non-hydrogen) atoms. The highest BCUT2D eigenvalue weighted by molar-refractivity contribution is 5.91. The Balaban J connectivity index is 1.09. The lowest BCUT2D eigenvalue weighted by Gasteiger charge is -2.36. The van der Waals surface area contributed by atoms with Gasteiger partial charge >= 0.3 is 6.18 Å². The van der Waals surface area contributed by atoms with Gasteiger partial charge in [-0.25, -0.2) is 9.97 Å². The Morgan fingerprint density at radius 1 is 0.923 bits per heavy atom. The number of hydrogen-bond acceptors (Lipinski definition) is 6. The predicted octanol–water partition coefficient (Wildman–Crippen LogP) is 5.34. The quantitative estimate of drug-likeness (QED) is 0.271. The molecule has 8 nitrogen and oxygen atoms in total. The first-order chi connectivity index (χ1) is 18.8. The number of fused-ring (bicyclic) bond motifs is 2. The number of halogens is 3. The minimum absolute atomic E-state index is 0.182. The molecule has 0 aliphatic carbocycles. The van der Waals surface area contributed by atoms with Gasteiger partial charge in [-0.05, 0) is 42.8 Å². The van der Waals surface area contributed by atoms with Gasteiger partial charge in [-0.3, -0.25) is 4.90 Å². The van der Waals surface area contributed by atoms with E-state index in [1.165, 1.54) is 0 Å². The van der Waals surface area contributed by atoms with E-state index in [1.807, 2.05) is 31.2 Å². The predicted molar refractivity (Wildman–Crippen MR) is 143 cm³/mol. The third-order valence-electron chi connectivity index (χ3n) is 7.10. The van der Waals surface area contributed by atoms with Crippen LogP contribution in [-0.4, -0.2) is 69.3 Å². The molecule has 0 bridgehead atoms. The molecule has 1 saturated heterocycles. The van der Waals surface area contributed by atoms with Crippen LogP contribution >= 0.6 is 0 Å². The maximum absolute atomic E-state index is 13.0. The highest BCUT2D eigenvalue weighted by Crippen LogP contribution is 2.33. The van der Waals surface area contributed by atoms with Crippen molar-refractivity contribution >= 4 is 27.8 Å². The van der Waals surface area contributed by atoms with E-state index in [1.54, 1.807) is 24.3 Å². The molecule has 1 aliphatic rings. The number of alkyl halides is 3. The SMILES string of the molecule is Cc1ccc(-c2nc3c(N4CCN(CCOc5cccc6[nH]c(C(F)(F)F)nc56)CC4)cccc3[nH]2)cc1O. The molecule has 0 atom stereocenters. The summed E-state index contributed by atoms with van der Waals surface area (Å²) < 4.78 is 45.0. The topological polar surface area (TPSA) is 93.3 Å². The maximum Gasteiger partial charge on any atom is 0.449 e. The standard InChI is InChI=1S/C28H27F3N6O2/c1-17-8-9-18(16-22(17)38)26-32-19-4-2-6-21(24(19)34-26)37-12-10-36(11-13-37)14-15-39-23-7-3-5-20-25(23)35-27(33-20)28(29,30)31/h2-9,16,38H,10-15H2,1H3,(H,32,34)(H,33,35). The second-order valence-electron chi connectivity index (χ2n) is 9.67. The second kappa shape index (κ2) is 9.81. The van der Waals surface area contributed by atoms with E-state index in [2.05, 4.69) is 30.8 Å². The number of imidazole rings is 2. The number of phenolic OH excluding ortho intramolecular Hbond substituents is 1. The highest BCUT2D eigenvalue weighted by Gasteiger charge is 2.35. The number of aromatic hydroxyl groups is 1. The van der Waals surface area contributed by atoms with E-state index in [4.69, 9.17) is 9.72 Å². The van der Waals surface area contributed by atoms with Gasteiger partial charge in [-0.1, -0.05) is 24.3 Å². The van der Waals surface area contributed by atoms with Gasteiger partial charge in [0.1, 0.15) is 35.0 Å². The third kappa shape index (κ3) is 4.97. The summed E-state index contributed by atoms with van der Waals surface area (Å²) in [6.45, 7) is 6.08. The van der Waals surface area contributed by atoms with E-state index in [9.17, 15) is 18.3 Å². The average Bonchev–Trinajstić information content (AvgIpc) is 3.56. The van der Waals surface area contributed by atoms with E-state index < -0.39 is 12.0 Å². The van der Waals surface area contributed by atoms with Gasteiger partial charge in [0.2, 0.25) is 5.82 Å². The minimum atomic E-state index is -4.54. The van der Waals surface area contributed by atoms with E-state index >= 15 is 0 Å². The summed E-state index contributed by atoms with van der Waals surface area (Å²) in [5, 5.41) is 10.1. The van der Waals surface area contributed by atoms with Crippen LogP contribution in [0.2, 0.25) is 0 Å². The van der Waals surface area contributed by atoms with Crippen molar-refractivity contribution < 1.29 is 23.0 Å². The molecule has 0 radical (unpaired) electrons. The summed E-state index contributed by atoms with van der Waals surface area (Å²) >= 11 is 0. The molecule has 3 heterocycles. The van der Waals surface area contributed by atoms with Crippen molar-refractivity contribution in [3.63, 3.8) is 0 Å². The van der Waals surface area contributed by atoms with Crippen molar-refractivity contribution in [2.45, 2.75) is 13.1 Å². The fourth-order valence-corrected chi connectivity index (χ4v) is 4.92. The fraction of sp³-hybridized carbons (Fsp3) is 0.286. The zero-order valence-electron chi connectivity index (χ0n) is 21.2. The van der Waals surface area contributed by atoms with Gasteiger partial charge in [0.25, 0.3) is 0 Å². The van der Waals surface area contributed by atoms with Gasteiger partial charge in [0.15, 0.2) is 0 Å². The van der Waals surface area contributed by atoms with Crippen LogP contribution in [0.5, 0.6) is 11.5 Å². The Kier molecular flexibility index (Phi) is 6.30. The number of hydrogen-bond donors (Lipinski definition) is 3. The monoisotopic (exact) mass is 536 g/mol. The van der Waals surface area contributed by atoms with Gasteiger partial charge in [0, 0.05) is 38.3 Å². The Bertz CT molecular complexity index is 1640. The Hall–Kier alpha value is -4.25. The number of aromatic amines is 2. The van der Waals surface area contributed by atoms with Crippen LogP contribution in [0.1, 0.15) is 11.4 Å². The molecule has 1 fully saturated rings. The van der Waals surface area contributed by atoms with Crippen molar-refractivity contribution in [1.82, 2.24) is 24.8 Å². The number of aromatic nitrogens is 4. The second-order valence-corrected chi connectivity index (χ2v) is 9.67. The molecule has 202 valence electrons. The highest BCUT2D eigenvalue weighted by atomic mass is 19.4. The number of benzene rings is 3. The number of nitrogens with one attached hydrogen (secondary N) is 2. The molecule has 0 saturated carbocycles. The smallest absolute Gasteiger partial charge is 0.449 e. The van der Waals surface area contributed by atoms with Crippen molar-refractivity contribution in [1.29, 1.82) is 0 Å². The largest absolute Gasteiger partial charge is 0.508 e. The van der Waals surface area contributed by atoms with Crippen molar-refractivity contribution in [2.75, 3.05) is 44.2 Å². The van der Waals surface area contributed by atoms with E-state index in [0.717, 1.165) is 54.0 Å². The van der Waals surface area contributed by atoms with Crippen LogP contribution in [0.4, 0.5) is 18.9 Å². The lowest BCUT2D eigenvalue weighted by molar-refractivity contribution is -0.144. The number of ether oxygens (including phenoxy) is 1. The number of anilines is 1. The minimum Gasteiger partial charge on any atom is -0.508 e. The number of para-hydroxylation sites is 2. The van der Waals surface area contributed by atoms with Gasteiger partial charge in [0.05, 0.1) is 16.7 Å². The zero-order chi connectivity index (χ0) is 27.1. The van der Waals surface area contributed by atoms with Crippen LogP contribution in [0, 0.1) is 6.92 Å². The lowest BCUT2D eigenvalue weighted by Crippen LogP contribution is -2.47. The number of piperazine rings is 1. The summed E-state index contributed by atoms with van der Waals surface area (Å²) in [6, 6.07) is 16.4. The number of aryl methyl sites for hydroxylation is 1. The van der Waals surface area contributed by atoms with Gasteiger partial charge < -0.3 is 24.7 Å². The van der Waals surface area contributed by atoms with Gasteiger partial charge in [-0.15, -0.1) is 0 Å². The van der Waals surface area contributed by atoms with Crippen molar-refractivity contribution in [3.05, 3.63) is 66.0 Å². The molecule has 1 aliphatic heterocycles. The summed E-state index contributed by atoms with van der Waals surface area (Å²) in [5.74, 6) is 0.250. The molecule has 5 aromatic rings. The van der Waals surface area contributed by atoms with Crippen molar-refractivity contribution in [3.8, 4) is 22.9 Å². The summed E-state index contributed by atoms with van der Waals surface area (Å²) in [4.78, 5) is 18.8. The summed E-state index contributed by atoms with van der Waals surface area (Å²) in [5.41, 5.74) is 4.98. The molecule has 0 unspecified atom stereocenters. The van der Waals surface area contributed by atoms with Crippen LogP contribution in [0.15, 0.2) is 54.6 Å². The van der Waals surface area contributed by atoms with E-state index in [-0.39, 0.29) is 11.3 Å². The molecule has 0 amide bonds. The molecule has 3 aromatic carbocycles.